The van der Waals surface area contributed by atoms with Crippen molar-refractivity contribution in [2.75, 3.05) is 5.43 Å². The van der Waals surface area contributed by atoms with Gasteiger partial charge in [0.2, 0.25) is 5.71 Å². The smallest absolute Gasteiger partial charge is 0.237 e. The molecule has 0 saturated heterocycles. The zero-order valence-electron chi connectivity index (χ0n) is 11.3. The molecule has 0 atom stereocenters. The van der Waals surface area contributed by atoms with E-state index in [1.807, 2.05) is 36.4 Å². The van der Waals surface area contributed by atoms with Crippen LogP contribution < -0.4 is 5.43 Å². The molecular formula is C16H13N5. The lowest BCUT2D eigenvalue weighted by Gasteiger charge is -2.04. The molecule has 1 aromatic heterocycles. The van der Waals surface area contributed by atoms with Gasteiger partial charge < -0.3 is 0 Å². The molecule has 0 aliphatic rings. The van der Waals surface area contributed by atoms with Gasteiger partial charge in [-0.05, 0) is 48.2 Å². The monoisotopic (exact) mass is 275 g/mol. The first-order valence-corrected chi connectivity index (χ1v) is 6.43. The summed E-state index contributed by atoms with van der Waals surface area (Å²) < 4.78 is 0. The minimum Gasteiger partial charge on any atom is -0.277 e. The summed E-state index contributed by atoms with van der Waals surface area (Å²) >= 11 is 0. The summed E-state index contributed by atoms with van der Waals surface area (Å²) in [4.78, 5) is 3.99. The summed E-state index contributed by atoms with van der Waals surface area (Å²) in [6.07, 6.45) is 5.49. The molecular weight excluding hydrogens is 262 g/mol. The number of aromatic nitrogens is 1. The van der Waals surface area contributed by atoms with Crippen molar-refractivity contribution in [3.05, 3.63) is 59.9 Å². The summed E-state index contributed by atoms with van der Waals surface area (Å²) in [6.45, 7) is 0. The van der Waals surface area contributed by atoms with Crippen LogP contribution in [0.5, 0.6) is 0 Å². The molecule has 2 rings (SSSR count). The lowest BCUT2D eigenvalue weighted by molar-refractivity contribution is 0.955. The molecule has 0 unspecified atom stereocenters. The van der Waals surface area contributed by atoms with Crippen LogP contribution in [0.1, 0.15) is 11.1 Å². The molecule has 0 radical (unpaired) electrons. The molecule has 21 heavy (non-hydrogen) atoms. The molecule has 0 amide bonds. The van der Waals surface area contributed by atoms with Crippen molar-refractivity contribution in [2.45, 2.75) is 12.8 Å². The summed E-state index contributed by atoms with van der Waals surface area (Å²) in [5.74, 6) is 0. The Hall–Kier alpha value is -3.18. The number of rotatable bonds is 5. The summed E-state index contributed by atoms with van der Waals surface area (Å²) in [7, 11) is 0. The third-order valence-corrected chi connectivity index (χ3v) is 2.91. The summed E-state index contributed by atoms with van der Waals surface area (Å²) in [5, 5.41) is 20.8. The molecule has 2 aromatic rings. The third kappa shape index (κ3) is 4.45. The SMILES string of the molecule is N#CC(C#N)=NNc1ccc(CCc2ccncc2)cc1. The van der Waals surface area contributed by atoms with Crippen molar-refractivity contribution in [3.8, 4) is 12.1 Å². The molecule has 0 aliphatic heterocycles. The van der Waals surface area contributed by atoms with Crippen LogP contribution in [-0.4, -0.2) is 10.7 Å². The van der Waals surface area contributed by atoms with Crippen LogP contribution >= 0.6 is 0 Å². The Morgan fingerprint density at radius 2 is 1.52 bits per heavy atom. The standard InChI is InChI=1S/C16H13N5/c17-11-16(12-18)21-20-15-5-3-13(4-6-15)1-2-14-7-9-19-10-8-14/h3-10,20H,1-2H2. The zero-order chi connectivity index (χ0) is 14.9. The first-order chi connectivity index (χ1) is 10.3. The molecule has 0 saturated carbocycles. The maximum atomic E-state index is 8.58. The van der Waals surface area contributed by atoms with E-state index in [1.54, 1.807) is 24.5 Å². The Labute approximate surface area is 123 Å². The van der Waals surface area contributed by atoms with Gasteiger partial charge in [0.15, 0.2) is 0 Å². The van der Waals surface area contributed by atoms with Crippen molar-refractivity contribution in [1.29, 1.82) is 10.5 Å². The molecule has 5 nitrogen and oxygen atoms in total. The van der Waals surface area contributed by atoms with Gasteiger partial charge in [0, 0.05) is 12.4 Å². The van der Waals surface area contributed by atoms with Gasteiger partial charge in [-0.1, -0.05) is 12.1 Å². The number of aryl methyl sites for hydroxylation is 2. The molecule has 0 aliphatic carbocycles. The number of nitrogens with zero attached hydrogens (tertiary/aromatic N) is 4. The minimum atomic E-state index is -0.197. The van der Waals surface area contributed by atoms with E-state index < -0.39 is 0 Å². The van der Waals surface area contributed by atoms with E-state index in [1.165, 1.54) is 11.1 Å². The van der Waals surface area contributed by atoms with Gasteiger partial charge in [0.05, 0.1) is 5.69 Å². The fourth-order valence-electron chi connectivity index (χ4n) is 1.78. The van der Waals surface area contributed by atoms with Gasteiger partial charge in [-0.25, -0.2) is 0 Å². The highest BCUT2D eigenvalue weighted by Gasteiger charge is 1.97. The third-order valence-electron chi connectivity index (χ3n) is 2.91. The van der Waals surface area contributed by atoms with Crippen LogP contribution in [-0.2, 0) is 12.8 Å². The molecule has 1 heterocycles. The van der Waals surface area contributed by atoms with Gasteiger partial charge in [-0.3, -0.25) is 10.4 Å². The van der Waals surface area contributed by atoms with Crippen molar-refractivity contribution in [1.82, 2.24) is 4.98 Å². The van der Waals surface area contributed by atoms with E-state index in [0.29, 0.717) is 0 Å². The van der Waals surface area contributed by atoms with Crippen LogP contribution in [0.2, 0.25) is 0 Å². The quantitative estimate of drug-likeness (QED) is 0.671. The number of anilines is 1. The Bertz CT molecular complexity index is 674. The first kappa shape index (κ1) is 14.2. The lowest BCUT2D eigenvalue weighted by atomic mass is 10.1. The predicted octanol–water partition coefficient (Wildman–Crippen LogP) is 2.68. The normalized spacial score (nSPS) is 9.24. The summed E-state index contributed by atoms with van der Waals surface area (Å²) in [5.41, 5.74) is 5.69. The van der Waals surface area contributed by atoms with E-state index in [0.717, 1.165) is 18.5 Å². The zero-order valence-corrected chi connectivity index (χ0v) is 11.3. The molecule has 1 aromatic carbocycles. The maximum absolute atomic E-state index is 8.58. The van der Waals surface area contributed by atoms with Crippen molar-refractivity contribution < 1.29 is 0 Å². The predicted molar refractivity (Wildman–Crippen MR) is 80.4 cm³/mol. The van der Waals surface area contributed by atoms with E-state index >= 15 is 0 Å². The number of hydrogen-bond acceptors (Lipinski definition) is 5. The first-order valence-electron chi connectivity index (χ1n) is 6.43. The number of nitrogens with one attached hydrogen (secondary N) is 1. The Kier molecular flexibility index (Phi) is 5.03. The average molecular weight is 275 g/mol. The fourth-order valence-corrected chi connectivity index (χ4v) is 1.78. The fraction of sp³-hybridized carbons (Fsp3) is 0.125. The van der Waals surface area contributed by atoms with Gasteiger partial charge >= 0.3 is 0 Å². The largest absolute Gasteiger partial charge is 0.277 e. The molecule has 0 spiro atoms. The number of benzene rings is 1. The highest BCUT2D eigenvalue weighted by Crippen LogP contribution is 2.12. The van der Waals surface area contributed by atoms with Crippen molar-refractivity contribution in [3.63, 3.8) is 0 Å². The number of hydrogen-bond donors (Lipinski definition) is 1. The molecule has 1 N–H and O–H groups in total. The minimum absolute atomic E-state index is 0.197. The van der Waals surface area contributed by atoms with Gasteiger partial charge in [-0.2, -0.15) is 15.6 Å². The van der Waals surface area contributed by atoms with E-state index in [2.05, 4.69) is 15.5 Å². The Morgan fingerprint density at radius 3 is 2.10 bits per heavy atom. The lowest BCUT2D eigenvalue weighted by Crippen LogP contribution is -1.97. The van der Waals surface area contributed by atoms with Gasteiger partial charge in [0.25, 0.3) is 0 Å². The van der Waals surface area contributed by atoms with Crippen LogP contribution in [0, 0.1) is 22.7 Å². The maximum Gasteiger partial charge on any atom is 0.237 e. The van der Waals surface area contributed by atoms with Gasteiger partial charge in [0.1, 0.15) is 12.1 Å². The van der Waals surface area contributed by atoms with E-state index in [-0.39, 0.29) is 5.71 Å². The average Bonchev–Trinajstić information content (AvgIpc) is 2.56. The number of nitriles is 2. The van der Waals surface area contributed by atoms with Crippen molar-refractivity contribution in [2.24, 2.45) is 5.10 Å². The molecule has 0 fully saturated rings. The van der Waals surface area contributed by atoms with Crippen molar-refractivity contribution >= 4 is 11.4 Å². The van der Waals surface area contributed by atoms with Crippen LogP contribution in [0.4, 0.5) is 5.69 Å². The van der Waals surface area contributed by atoms with E-state index in [4.69, 9.17) is 10.5 Å². The topological polar surface area (TPSA) is 84.9 Å². The molecule has 0 bridgehead atoms. The summed E-state index contributed by atoms with van der Waals surface area (Å²) in [6, 6.07) is 15.1. The number of pyridine rings is 1. The second kappa shape index (κ2) is 7.42. The highest BCUT2D eigenvalue weighted by molar-refractivity contribution is 6.10. The second-order valence-electron chi connectivity index (χ2n) is 4.35. The van der Waals surface area contributed by atoms with Crippen LogP contribution in [0.25, 0.3) is 0 Å². The van der Waals surface area contributed by atoms with Crippen LogP contribution in [0.15, 0.2) is 53.9 Å². The Morgan fingerprint density at radius 1 is 0.952 bits per heavy atom. The second-order valence-corrected chi connectivity index (χ2v) is 4.35. The van der Waals surface area contributed by atoms with Gasteiger partial charge in [-0.15, -0.1) is 0 Å². The Balaban J connectivity index is 1.92. The van der Waals surface area contributed by atoms with Crippen LogP contribution in [0.3, 0.4) is 0 Å². The number of hydrazone groups is 1. The highest BCUT2D eigenvalue weighted by atomic mass is 15.3. The molecule has 102 valence electrons. The molecule has 5 heteroatoms. The van der Waals surface area contributed by atoms with E-state index in [9.17, 15) is 0 Å².